The number of anilines is 1. The molecule has 0 bridgehead atoms. The smallest absolute Gasteiger partial charge is 0.226 e. The van der Waals surface area contributed by atoms with Gasteiger partial charge in [-0.25, -0.2) is 0 Å². The lowest BCUT2D eigenvalue weighted by Crippen LogP contribution is -2.47. The van der Waals surface area contributed by atoms with E-state index in [4.69, 9.17) is 4.74 Å². The monoisotopic (exact) mass is 354 g/mol. The summed E-state index contributed by atoms with van der Waals surface area (Å²) >= 11 is 0. The van der Waals surface area contributed by atoms with E-state index in [0.717, 1.165) is 48.8 Å². The average molecular weight is 354 g/mol. The van der Waals surface area contributed by atoms with Crippen molar-refractivity contribution in [1.82, 2.24) is 15.5 Å². The Balaban J connectivity index is 1.55. The van der Waals surface area contributed by atoms with Crippen LogP contribution in [0, 0.1) is 12.3 Å². The minimum Gasteiger partial charge on any atom is -0.497 e. The van der Waals surface area contributed by atoms with Crippen molar-refractivity contribution < 1.29 is 9.53 Å². The third kappa shape index (κ3) is 4.12. The number of carbonyl (C=O) groups is 1. The van der Waals surface area contributed by atoms with Crippen molar-refractivity contribution in [3.05, 3.63) is 47.7 Å². The Morgan fingerprint density at radius 2 is 2.00 bits per heavy atom. The molecule has 2 aromatic rings. The van der Waals surface area contributed by atoms with Crippen LogP contribution in [-0.4, -0.2) is 36.3 Å². The SMILES string of the molecule is COc1cccc(CNC(=O)C2(C)CCN(c3ccc(C)nn3)CC2)c1. The van der Waals surface area contributed by atoms with Gasteiger partial charge in [0.2, 0.25) is 5.91 Å². The van der Waals surface area contributed by atoms with Gasteiger partial charge >= 0.3 is 0 Å². The molecule has 1 aromatic carbocycles. The van der Waals surface area contributed by atoms with Gasteiger partial charge in [0.25, 0.3) is 0 Å². The summed E-state index contributed by atoms with van der Waals surface area (Å²) in [6.07, 6.45) is 1.60. The summed E-state index contributed by atoms with van der Waals surface area (Å²) in [5.41, 5.74) is 1.59. The predicted molar refractivity (Wildman–Crippen MR) is 101 cm³/mol. The molecule has 0 aliphatic carbocycles. The molecule has 0 radical (unpaired) electrons. The summed E-state index contributed by atoms with van der Waals surface area (Å²) in [4.78, 5) is 14.9. The fraction of sp³-hybridized carbons (Fsp3) is 0.450. The molecular weight excluding hydrogens is 328 g/mol. The van der Waals surface area contributed by atoms with E-state index >= 15 is 0 Å². The molecule has 6 nitrogen and oxygen atoms in total. The summed E-state index contributed by atoms with van der Waals surface area (Å²) in [5, 5.41) is 11.5. The zero-order valence-electron chi connectivity index (χ0n) is 15.7. The van der Waals surface area contributed by atoms with Crippen molar-refractivity contribution >= 4 is 11.7 Å². The Labute approximate surface area is 154 Å². The van der Waals surface area contributed by atoms with E-state index in [1.54, 1.807) is 7.11 Å². The maximum absolute atomic E-state index is 12.7. The number of amides is 1. The van der Waals surface area contributed by atoms with Crippen LogP contribution in [0.25, 0.3) is 0 Å². The zero-order valence-corrected chi connectivity index (χ0v) is 15.7. The highest BCUT2D eigenvalue weighted by Gasteiger charge is 2.37. The van der Waals surface area contributed by atoms with E-state index in [9.17, 15) is 4.79 Å². The quantitative estimate of drug-likeness (QED) is 0.894. The van der Waals surface area contributed by atoms with Crippen LogP contribution in [0.2, 0.25) is 0 Å². The van der Waals surface area contributed by atoms with Gasteiger partial charge in [-0.15, -0.1) is 5.10 Å². The number of aryl methyl sites for hydroxylation is 1. The highest BCUT2D eigenvalue weighted by atomic mass is 16.5. The number of ether oxygens (including phenoxy) is 1. The van der Waals surface area contributed by atoms with E-state index in [-0.39, 0.29) is 11.3 Å². The number of rotatable bonds is 5. The van der Waals surface area contributed by atoms with Gasteiger partial charge < -0.3 is 15.0 Å². The van der Waals surface area contributed by atoms with Crippen LogP contribution in [0.3, 0.4) is 0 Å². The molecule has 1 aliphatic heterocycles. The number of carbonyl (C=O) groups excluding carboxylic acids is 1. The first-order valence-corrected chi connectivity index (χ1v) is 8.97. The van der Waals surface area contributed by atoms with Crippen molar-refractivity contribution in [2.45, 2.75) is 33.2 Å². The molecule has 0 spiro atoms. The molecule has 26 heavy (non-hydrogen) atoms. The number of benzene rings is 1. The zero-order chi connectivity index (χ0) is 18.6. The molecule has 2 heterocycles. The molecular formula is C20H26N4O2. The summed E-state index contributed by atoms with van der Waals surface area (Å²) in [6, 6.07) is 11.7. The molecule has 6 heteroatoms. The van der Waals surface area contributed by atoms with Gasteiger partial charge in [-0.2, -0.15) is 5.10 Å². The number of hydrogen-bond acceptors (Lipinski definition) is 5. The molecule has 0 saturated carbocycles. The third-order valence-electron chi connectivity index (χ3n) is 5.11. The van der Waals surface area contributed by atoms with E-state index in [1.807, 2.05) is 50.2 Å². The number of piperidine rings is 1. The fourth-order valence-corrected chi connectivity index (χ4v) is 3.20. The highest BCUT2D eigenvalue weighted by Crippen LogP contribution is 2.32. The molecule has 1 aliphatic rings. The Hall–Kier alpha value is -2.63. The molecule has 3 rings (SSSR count). The van der Waals surface area contributed by atoms with E-state index in [2.05, 4.69) is 20.4 Å². The van der Waals surface area contributed by atoms with Crippen molar-refractivity contribution in [3.63, 3.8) is 0 Å². The minimum absolute atomic E-state index is 0.106. The fourth-order valence-electron chi connectivity index (χ4n) is 3.20. The maximum atomic E-state index is 12.7. The Bertz CT molecular complexity index is 753. The highest BCUT2D eigenvalue weighted by molar-refractivity contribution is 5.82. The first kappa shape index (κ1) is 18.2. The van der Waals surface area contributed by atoms with Gasteiger partial charge in [0.1, 0.15) is 5.75 Å². The normalized spacial score (nSPS) is 16.2. The standard InChI is InChI=1S/C20H26N4O2/c1-15-7-8-18(23-22-15)24-11-9-20(2,10-12-24)19(25)21-14-16-5-4-6-17(13-16)26-3/h4-8,13H,9-12,14H2,1-3H3,(H,21,25). The Morgan fingerprint density at radius 3 is 2.65 bits per heavy atom. The second kappa shape index (κ2) is 7.72. The lowest BCUT2D eigenvalue weighted by molar-refractivity contribution is -0.131. The van der Waals surface area contributed by atoms with Crippen LogP contribution < -0.4 is 15.0 Å². The summed E-state index contributed by atoms with van der Waals surface area (Å²) < 4.78 is 5.23. The summed E-state index contributed by atoms with van der Waals surface area (Å²) in [5.74, 6) is 1.79. The molecule has 1 N–H and O–H groups in total. The van der Waals surface area contributed by atoms with Crippen molar-refractivity contribution in [1.29, 1.82) is 0 Å². The van der Waals surface area contributed by atoms with Crippen LogP contribution in [0.4, 0.5) is 5.82 Å². The maximum Gasteiger partial charge on any atom is 0.226 e. The van der Waals surface area contributed by atoms with Gasteiger partial charge in [-0.05, 0) is 49.6 Å². The average Bonchev–Trinajstić information content (AvgIpc) is 2.67. The molecule has 1 aromatic heterocycles. The van der Waals surface area contributed by atoms with Crippen LogP contribution in [0.15, 0.2) is 36.4 Å². The third-order valence-corrected chi connectivity index (χ3v) is 5.11. The molecule has 0 atom stereocenters. The number of nitrogens with one attached hydrogen (secondary N) is 1. The Kier molecular flexibility index (Phi) is 5.40. The molecule has 0 unspecified atom stereocenters. The summed E-state index contributed by atoms with van der Waals surface area (Å²) in [7, 11) is 1.64. The van der Waals surface area contributed by atoms with Gasteiger partial charge in [0.15, 0.2) is 5.82 Å². The first-order chi connectivity index (χ1) is 12.5. The van der Waals surface area contributed by atoms with Gasteiger partial charge in [-0.1, -0.05) is 19.1 Å². The van der Waals surface area contributed by atoms with Crippen LogP contribution in [-0.2, 0) is 11.3 Å². The van der Waals surface area contributed by atoms with Crippen molar-refractivity contribution in [2.75, 3.05) is 25.1 Å². The number of methoxy groups -OCH3 is 1. The second-order valence-electron chi connectivity index (χ2n) is 7.11. The van der Waals surface area contributed by atoms with Crippen LogP contribution in [0.5, 0.6) is 5.75 Å². The lowest BCUT2D eigenvalue weighted by atomic mass is 9.79. The van der Waals surface area contributed by atoms with E-state index < -0.39 is 0 Å². The van der Waals surface area contributed by atoms with E-state index in [1.165, 1.54) is 0 Å². The number of aromatic nitrogens is 2. The van der Waals surface area contributed by atoms with Crippen LogP contribution in [0.1, 0.15) is 31.0 Å². The minimum atomic E-state index is -0.354. The molecule has 138 valence electrons. The molecule has 1 amide bonds. The number of nitrogens with zero attached hydrogens (tertiary/aromatic N) is 3. The topological polar surface area (TPSA) is 67.3 Å². The van der Waals surface area contributed by atoms with Gasteiger partial charge in [-0.3, -0.25) is 4.79 Å². The lowest BCUT2D eigenvalue weighted by Gasteiger charge is -2.38. The first-order valence-electron chi connectivity index (χ1n) is 8.97. The Morgan fingerprint density at radius 1 is 1.23 bits per heavy atom. The van der Waals surface area contributed by atoms with Crippen molar-refractivity contribution in [3.8, 4) is 5.75 Å². The van der Waals surface area contributed by atoms with E-state index in [0.29, 0.717) is 6.54 Å². The van der Waals surface area contributed by atoms with Gasteiger partial charge in [0.05, 0.1) is 12.8 Å². The summed E-state index contributed by atoms with van der Waals surface area (Å²) in [6.45, 7) is 6.10. The molecule has 1 fully saturated rings. The second-order valence-corrected chi connectivity index (χ2v) is 7.11. The largest absolute Gasteiger partial charge is 0.497 e. The predicted octanol–water partition coefficient (Wildman–Crippen LogP) is 2.72. The van der Waals surface area contributed by atoms with Crippen LogP contribution >= 0.6 is 0 Å². The van der Waals surface area contributed by atoms with Gasteiger partial charge in [0, 0.05) is 25.0 Å². The number of hydrogen-bond donors (Lipinski definition) is 1. The molecule has 1 saturated heterocycles. The van der Waals surface area contributed by atoms with Crippen molar-refractivity contribution in [2.24, 2.45) is 5.41 Å².